The lowest BCUT2D eigenvalue weighted by atomic mass is 10.2. The van der Waals surface area contributed by atoms with E-state index in [1.165, 1.54) is 6.07 Å². The van der Waals surface area contributed by atoms with E-state index in [1.807, 2.05) is 0 Å². The SMILES string of the molecule is CS(=O)(=O)c1cc(Br)cc(C(=O)NCCN)c1F.Cl. The first-order valence-electron chi connectivity index (χ1n) is 4.94. The Morgan fingerprint density at radius 1 is 1.47 bits per heavy atom. The van der Waals surface area contributed by atoms with Crippen molar-refractivity contribution in [1.29, 1.82) is 0 Å². The largest absolute Gasteiger partial charge is 0.351 e. The van der Waals surface area contributed by atoms with Crippen molar-refractivity contribution in [2.75, 3.05) is 19.3 Å². The highest BCUT2D eigenvalue weighted by Gasteiger charge is 2.21. The summed E-state index contributed by atoms with van der Waals surface area (Å²) in [5.74, 6) is -1.76. The monoisotopic (exact) mass is 374 g/mol. The number of nitrogens with two attached hydrogens (primary N) is 1. The van der Waals surface area contributed by atoms with E-state index in [9.17, 15) is 17.6 Å². The predicted molar refractivity (Wildman–Crippen MR) is 75.8 cm³/mol. The molecule has 0 aliphatic heterocycles. The first-order valence-corrected chi connectivity index (χ1v) is 7.63. The van der Waals surface area contributed by atoms with E-state index >= 15 is 0 Å². The summed E-state index contributed by atoms with van der Waals surface area (Å²) in [6, 6.07) is 2.33. The third-order valence-corrected chi connectivity index (χ3v) is 3.63. The molecule has 9 heteroatoms. The minimum atomic E-state index is -3.74. The molecule has 1 aromatic carbocycles. The Hall–Kier alpha value is -0.700. The van der Waals surface area contributed by atoms with Crippen molar-refractivity contribution in [3.8, 4) is 0 Å². The van der Waals surface area contributed by atoms with Gasteiger partial charge in [0.15, 0.2) is 15.7 Å². The summed E-state index contributed by atoms with van der Waals surface area (Å²) in [6.07, 6.45) is 0.874. The van der Waals surface area contributed by atoms with Crippen molar-refractivity contribution >= 4 is 44.1 Å². The second-order valence-corrected chi connectivity index (χ2v) is 6.48. The standard InChI is InChI=1S/C10H12BrFN2O3S.ClH/c1-18(16,17)8-5-6(11)4-7(9(8)12)10(15)14-3-2-13;/h4-5H,2-3,13H2,1H3,(H,14,15);1H. The average molecular weight is 376 g/mol. The molecule has 0 saturated heterocycles. The van der Waals surface area contributed by atoms with Crippen LogP contribution in [0.15, 0.2) is 21.5 Å². The van der Waals surface area contributed by atoms with Crippen LogP contribution in [0.3, 0.4) is 0 Å². The van der Waals surface area contributed by atoms with E-state index in [0.29, 0.717) is 4.47 Å². The van der Waals surface area contributed by atoms with Crippen LogP contribution in [0, 0.1) is 5.82 Å². The summed E-state index contributed by atoms with van der Waals surface area (Å²) in [7, 11) is -3.74. The topological polar surface area (TPSA) is 89.3 Å². The lowest BCUT2D eigenvalue weighted by Crippen LogP contribution is -2.30. The molecule has 1 amide bonds. The third-order valence-electron chi connectivity index (χ3n) is 2.08. The third kappa shape index (κ3) is 4.72. The van der Waals surface area contributed by atoms with E-state index in [1.54, 1.807) is 0 Å². The van der Waals surface area contributed by atoms with Crippen LogP contribution in [-0.2, 0) is 9.84 Å². The van der Waals surface area contributed by atoms with Crippen LogP contribution in [0.5, 0.6) is 0 Å². The van der Waals surface area contributed by atoms with Gasteiger partial charge in [-0.3, -0.25) is 4.79 Å². The summed E-state index contributed by atoms with van der Waals surface area (Å²) in [5, 5.41) is 2.38. The van der Waals surface area contributed by atoms with Gasteiger partial charge in [0.1, 0.15) is 4.90 Å². The molecule has 19 heavy (non-hydrogen) atoms. The maximum absolute atomic E-state index is 13.9. The number of sulfone groups is 1. The number of hydrogen-bond donors (Lipinski definition) is 2. The lowest BCUT2D eigenvalue weighted by Gasteiger charge is -2.08. The summed E-state index contributed by atoms with van der Waals surface area (Å²) in [6.45, 7) is 0.388. The molecule has 0 aliphatic rings. The molecule has 3 N–H and O–H groups in total. The Morgan fingerprint density at radius 2 is 2.05 bits per heavy atom. The summed E-state index contributed by atoms with van der Waals surface area (Å²) in [5.41, 5.74) is 4.87. The van der Waals surface area contributed by atoms with Crippen molar-refractivity contribution in [2.45, 2.75) is 4.90 Å². The first-order chi connectivity index (χ1) is 8.27. The summed E-state index contributed by atoms with van der Waals surface area (Å²) >= 11 is 3.04. The number of rotatable bonds is 4. The highest BCUT2D eigenvalue weighted by molar-refractivity contribution is 9.10. The normalized spacial score (nSPS) is 10.7. The zero-order chi connectivity index (χ0) is 13.9. The Balaban J connectivity index is 0.00000324. The highest BCUT2D eigenvalue weighted by atomic mass is 79.9. The van der Waals surface area contributed by atoms with Crippen LogP contribution in [0.2, 0.25) is 0 Å². The maximum Gasteiger partial charge on any atom is 0.254 e. The fourth-order valence-corrected chi connectivity index (χ4v) is 2.67. The van der Waals surface area contributed by atoms with Gasteiger partial charge in [-0.05, 0) is 12.1 Å². The number of halogens is 3. The molecular weight excluding hydrogens is 363 g/mol. The Kier molecular flexibility index (Phi) is 6.92. The number of nitrogens with one attached hydrogen (secondary N) is 1. The number of carbonyl (C=O) groups excluding carboxylic acids is 1. The van der Waals surface area contributed by atoms with Gasteiger partial charge in [-0.1, -0.05) is 15.9 Å². The van der Waals surface area contributed by atoms with Crippen LogP contribution in [-0.4, -0.2) is 33.7 Å². The molecule has 0 aliphatic carbocycles. The van der Waals surface area contributed by atoms with Gasteiger partial charge in [0.05, 0.1) is 5.56 Å². The van der Waals surface area contributed by atoms with Crippen LogP contribution >= 0.6 is 28.3 Å². The number of carbonyl (C=O) groups is 1. The molecule has 0 fully saturated rings. The molecule has 0 bridgehead atoms. The quantitative estimate of drug-likeness (QED) is 0.825. The smallest absolute Gasteiger partial charge is 0.254 e. The number of amides is 1. The van der Waals surface area contributed by atoms with Gasteiger partial charge in [0.2, 0.25) is 0 Å². The molecule has 0 spiro atoms. The second-order valence-electron chi connectivity index (χ2n) is 3.58. The molecule has 0 radical (unpaired) electrons. The molecule has 1 rings (SSSR count). The summed E-state index contributed by atoms with van der Waals surface area (Å²) in [4.78, 5) is 11.1. The minimum Gasteiger partial charge on any atom is -0.351 e. The highest BCUT2D eigenvalue weighted by Crippen LogP contribution is 2.24. The van der Waals surface area contributed by atoms with E-state index in [4.69, 9.17) is 5.73 Å². The van der Waals surface area contributed by atoms with Gasteiger partial charge < -0.3 is 11.1 Å². The average Bonchev–Trinajstić information content (AvgIpc) is 2.27. The van der Waals surface area contributed by atoms with Crippen LogP contribution in [0.4, 0.5) is 4.39 Å². The maximum atomic E-state index is 13.9. The van der Waals surface area contributed by atoms with E-state index in [0.717, 1.165) is 12.3 Å². The Morgan fingerprint density at radius 3 is 2.53 bits per heavy atom. The van der Waals surface area contributed by atoms with Crippen LogP contribution < -0.4 is 11.1 Å². The predicted octanol–water partition coefficient (Wildman–Crippen LogP) is 1.10. The Bertz CT molecular complexity index is 580. The van der Waals surface area contributed by atoms with Crippen molar-refractivity contribution in [2.24, 2.45) is 5.73 Å². The molecule has 0 heterocycles. The first kappa shape index (κ1) is 18.3. The Labute approximate surface area is 125 Å². The van der Waals surface area contributed by atoms with Crippen molar-refractivity contribution in [3.05, 3.63) is 28.0 Å². The van der Waals surface area contributed by atoms with E-state index in [-0.39, 0.29) is 31.1 Å². The molecule has 0 atom stereocenters. The van der Waals surface area contributed by atoms with E-state index < -0.39 is 26.5 Å². The van der Waals surface area contributed by atoms with Gasteiger partial charge in [0.25, 0.3) is 5.91 Å². The van der Waals surface area contributed by atoms with Crippen molar-refractivity contribution in [1.82, 2.24) is 5.32 Å². The lowest BCUT2D eigenvalue weighted by molar-refractivity contribution is 0.0950. The van der Waals surface area contributed by atoms with Gasteiger partial charge >= 0.3 is 0 Å². The zero-order valence-electron chi connectivity index (χ0n) is 9.94. The second kappa shape index (κ2) is 7.18. The number of hydrogen-bond acceptors (Lipinski definition) is 4. The zero-order valence-corrected chi connectivity index (χ0v) is 13.2. The van der Waals surface area contributed by atoms with Crippen molar-refractivity contribution < 1.29 is 17.6 Å². The fraction of sp³-hybridized carbons (Fsp3) is 0.300. The molecule has 108 valence electrons. The van der Waals surface area contributed by atoms with Crippen LogP contribution in [0.1, 0.15) is 10.4 Å². The van der Waals surface area contributed by atoms with Gasteiger partial charge in [-0.25, -0.2) is 12.8 Å². The molecular formula is C10H13BrClFN2O3S. The van der Waals surface area contributed by atoms with Gasteiger partial charge in [0, 0.05) is 23.8 Å². The molecule has 0 unspecified atom stereocenters. The molecule has 1 aromatic rings. The van der Waals surface area contributed by atoms with Crippen LogP contribution in [0.25, 0.3) is 0 Å². The molecule has 5 nitrogen and oxygen atoms in total. The summed E-state index contributed by atoms with van der Waals surface area (Å²) < 4.78 is 37.0. The fourth-order valence-electron chi connectivity index (χ4n) is 1.28. The van der Waals surface area contributed by atoms with Gasteiger partial charge in [-0.2, -0.15) is 0 Å². The minimum absolute atomic E-state index is 0. The van der Waals surface area contributed by atoms with E-state index in [2.05, 4.69) is 21.2 Å². The molecule has 0 saturated carbocycles. The van der Waals surface area contributed by atoms with Crippen molar-refractivity contribution in [3.63, 3.8) is 0 Å². The van der Waals surface area contributed by atoms with Gasteiger partial charge in [-0.15, -0.1) is 12.4 Å². The molecule has 0 aromatic heterocycles. The number of benzene rings is 1.